The maximum absolute atomic E-state index is 12.3. The zero-order valence-corrected chi connectivity index (χ0v) is 13.6. The van der Waals surface area contributed by atoms with Crippen molar-refractivity contribution < 1.29 is 4.79 Å². The molecule has 0 unspecified atom stereocenters. The smallest absolute Gasteiger partial charge is 0.245 e. The summed E-state index contributed by atoms with van der Waals surface area (Å²) in [4.78, 5) is 18.0. The highest BCUT2D eigenvalue weighted by Gasteiger charge is 2.19. The average molecular weight is 306 g/mol. The summed E-state index contributed by atoms with van der Waals surface area (Å²) in [7, 11) is 0. The zero-order chi connectivity index (χ0) is 15.2. The van der Waals surface area contributed by atoms with E-state index in [0.29, 0.717) is 6.54 Å². The molecule has 2 heterocycles. The van der Waals surface area contributed by atoms with Gasteiger partial charge in [0.2, 0.25) is 5.91 Å². The predicted octanol–water partition coefficient (Wildman–Crippen LogP) is 2.87. The second-order valence-electron chi connectivity index (χ2n) is 4.99. The van der Waals surface area contributed by atoms with Gasteiger partial charge in [0.25, 0.3) is 0 Å². The lowest BCUT2D eigenvalue weighted by atomic mass is 10.2. The molecule has 0 aliphatic rings. The number of nitrogens with one attached hydrogen (secondary N) is 1. The Kier molecular flexibility index (Phi) is 5.50. The number of carbonyl (C=O) groups excluding carboxylic acids is 1. The number of hydrogen-bond acceptors (Lipinski definition) is 4. The van der Waals surface area contributed by atoms with Crippen LogP contribution in [-0.4, -0.2) is 20.7 Å². The van der Waals surface area contributed by atoms with Crippen LogP contribution in [0.4, 0.5) is 0 Å². The van der Waals surface area contributed by atoms with Gasteiger partial charge in [0, 0.05) is 17.3 Å². The lowest BCUT2D eigenvalue weighted by Crippen LogP contribution is -2.32. The van der Waals surface area contributed by atoms with Gasteiger partial charge in [-0.25, -0.2) is 4.98 Å². The molecule has 0 aromatic carbocycles. The van der Waals surface area contributed by atoms with Crippen LogP contribution in [0.15, 0.2) is 18.5 Å². The molecule has 0 saturated carbocycles. The number of thiazole rings is 1. The van der Waals surface area contributed by atoms with Crippen LogP contribution in [0.1, 0.15) is 48.3 Å². The first-order valence-corrected chi connectivity index (χ1v) is 8.19. The van der Waals surface area contributed by atoms with Crippen molar-refractivity contribution in [3.8, 4) is 0 Å². The second-order valence-corrected chi connectivity index (χ2v) is 6.16. The lowest BCUT2D eigenvalue weighted by Gasteiger charge is -2.15. The third-order valence-corrected chi connectivity index (χ3v) is 4.57. The topological polar surface area (TPSA) is 59.8 Å². The van der Waals surface area contributed by atoms with Crippen LogP contribution in [-0.2, 0) is 17.8 Å². The Morgan fingerprint density at radius 2 is 2.29 bits per heavy atom. The Morgan fingerprint density at radius 3 is 2.90 bits per heavy atom. The van der Waals surface area contributed by atoms with Crippen LogP contribution in [0, 0.1) is 6.92 Å². The highest BCUT2D eigenvalue weighted by atomic mass is 32.1. The van der Waals surface area contributed by atoms with Crippen molar-refractivity contribution in [2.24, 2.45) is 0 Å². The molecule has 0 fully saturated rings. The van der Waals surface area contributed by atoms with Gasteiger partial charge in [-0.1, -0.05) is 13.8 Å². The Balaban J connectivity index is 1.97. The molecular weight excluding hydrogens is 284 g/mol. The van der Waals surface area contributed by atoms with Crippen molar-refractivity contribution in [3.63, 3.8) is 0 Å². The molecule has 5 nitrogen and oxygen atoms in total. The van der Waals surface area contributed by atoms with E-state index in [1.807, 2.05) is 26.1 Å². The molecule has 0 radical (unpaired) electrons. The van der Waals surface area contributed by atoms with Crippen molar-refractivity contribution in [2.75, 3.05) is 0 Å². The van der Waals surface area contributed by atoms with Crippen molar-refractivity contribution in [1.82, 2.24) is 20.1 Å². The van der Waals surface area contributed by atoms with Crippen molar-refractivity contribution in [2.45, 2.75) is 52.6 Å². The summed E-state index contributed by atoms with van der Waals surface area (Å²) >= 11 is 1.69. The summed E-state index contributed by atoms with van der Waals surface area (Å²) in [6.45, 7) is 6.68. The highest BCUT2D eigenvalue weighted by Crippen LogP contribution is 2.19. The molecule has 0 aliphatic heterocycles. The molecule has 2 aromatic rings. The lowest BCUT2D eigenvalue weighted by molar-refractivity contribution is -0.124. The van der Waals surface area contributed by atoms with Gasteiger partial charge < -0.3 is 5.32 Å². The first-order valence-electron chi connectivity index (χ1n) is 7.37. The summed E-state index contributed by atoms with van der Waals surface area (Å²) in [5.74, 6) is 0.00559. The molecule has 0 spiro atoms. The molecule has 114 valence electrons. The van der Waals surface area contributed by atoms with E-state index in [0.717, 1.165) is 34.8 Å². The molecule has 2 rings (SSSR count). The number of aryl methyl sites for hydroxylation is 2. The van der Waals surface area contributed by atoms with Crippen LogP contribution in [0.3, 0.4) is 0 Å². The fourth-order valence-corrected chi connectivity index (χ4v) is 3.33. The number of rotatable bonds is 7. The van der Waals surface area contributed by atoms with E-state index >= 15 is 0 Å². The minimum atomic E-state index is -0.247. The van der Waals surface area contributed by atoms with E-state index < -0.39 is 0 Å². The van der Waals surface area contributed by atoms with Gasteiger partial charge in [0.1, 0.15) is 6.04 Å². The zero-order valence-electron chi connectivity index (χ0n) is 12.8. The molecule has 0 bridgehead atoms. The van der Waals surface area contributed by atoms with Gasteiger partial charge in [0.05, 0.1) is 17.2 Å². The van der Waals surface area contributed by atoms with Crippen molar-refractivity contribution >= 4 is 17.2 Å². The molecule has 21 heavy (non-hydrogen) atoms. The van der Waals surface area contributed by atoms with Gasteiger partial charge in [-0.3, -0.25) is 9.48 Å². The summed E-state index contributed by atoms with van der Waals surface area (Å²) in [5.41, 5.74) is 1.02. The third kappa shape index (κ3) is 3.91. The largest absolute Gasteiger partial charge is 0.349 e. The fraction of sp³-hybridized carbons (Fsp3) is 0.533. The van der Waals surface area contributed by atoms with Gasteiger partial charge in [-0.05, 0) is 32.3 Å². The Morgan fingerprint density at radius 1 is 1.48 bits per heavy atom. The normalized spacial score (nSPS) is 12.3. The second kappa shape index (κ2) is 7.36. The Hall–Kier alpha value is -1.69. The third-order valence-electron chi connectivity index (χ3n) is 3.36. The maximum atomic E-state index is 12.3. The van der Waals surface area contributed by atoms with E-state index in [1.165, 1.54) is 0 Å². The summed E-state index contributed by atoms with van der Waals surface area (Å²) in [5, 5.41) is 8.31. The van der Waals surface area contributed by atoms with Crippen LogP contribution in [0.5, 0.6) is 0 Å². The van der Waals surface area contributed by atoms with Crippen LogP contribution < -0.4 is 5.32 Å². The number of carbonyl (C=O) groups is 1. The Bertz CT molecular complexity index is 577. The first kappa shape index (κ1) is 15.7. The molecule has 2 aromatic heterocycles. The maximum Gasteiger partial charge on any atom is 0.245 e. The van der Waals surface area contributed by atoms with E-state index in [2.05, 4.69) is 22.3 Å². The number of amides is 1. The highest BCUT2D eigenvalue weighted by molar-refractivity contribution is 7.11. The summed E-state index contributed by atoms with van der Waals surface area (Å²) < 4.78 is 1.71. The first-order chi connectivity index (χ1) is 10.2. The Labute approximate surface area is 129 Å². The molecule has 0 aliphatic carbocycles. The number of hydrogen-bond donors (Lipinski definition) is 1. The number of aromatic nitrogens is 3. The van der Waals surface area contributed by atoms with Crippen LogP contribution in [0.2, 0.25) is 0 Å². The van der Waals surface area contributed by atoms with Crippen LogP contribution >= 0.6 is 11.3 Å². The summed E-state index contributed by atoms with van der Waals surface area (Å²) in [6.07, 6.45) is 6.34. The minimum absolute atomic E-state index is 0.00559. The monoisotopic (exact) mass is 306 g/mol. The van der Waals surface area contributed by atoms with E-state index in [9.17, 15) is 4.79 Å². The van der Waals surface area contributed by atoms with E-state index in [4.69, 9.17) is 0 Å². The van der Waals surface area contributed by atoms with Gasteiger partial charge in [0.15, 0.2) is 0 Å². The summed E-state index contributed by atoms with van der Waals surface area (Å²) in [6, 6.07) is 1.59. The standard InChI is InChI=1S/C15H22N4OS/c1-4-7-14-18-11(3)13(21-14)10-16-15(20)12(5-2)19-9-6-8-17-19/h6,8-9,12H,4-5,7,10H2,1-3H3,(H,16,20)/t12-/m1/s1. The van der Waals surface area contributed by atoms with Crippen LogP contribution in [0.25, 0.3) is 0 Å². The number of nitrogens with zero attached hydrogens (tertiary/aromatic N) is 3. The van der Waals surface area contributed by atoms with Crippen molar-refractivity contribution in [3.05, 3.63) is 34.0 Å². The molecule has 1 atom stereocenters. The average Bonchev–Trinajstić information content (AvgIpc) is 3.08. The van der Waals surface area contributed by atoms with E-state index in [-0.39, 0.29) is 11.9 Å². The van der Waals surface area contributed by atoms with Gasteiger partial charge >= 0.3 is 0 Å². The molecule has 0 saturated heterocycles. The fourth-order valence-electron chi connectivity index (χ4n) is 2.22. The van der Waals surface area contributed by atoms with Gasteiger partial charge in [-0.2, -0.15) is 5.10 Å². The van der Waals surface area contributed by atoms with Crippen molar-refractivity contribution in [1.29, 1.82) is 0 Å². The molecule has 1 amide bonds. The molecule has 1 N–H and O–H groups in total. The molecule has 6 heteroatoms. The van der Waals surface area contributed by atoms with E-state index in [1.54, 1.807) is 22.2 Å². The minimum Gasteiger partial charge on any atom is -0.349 e. The van der Waals surface area contributed by atoms with Gasteiger partial charge in [-0.15, -0.1) is 11.3 Å². The predicted molar refractivity (Wildman–Crippen MR) is 84.2 cm³/mol. The molecular formula is C15H22N4OS. The quantitative estimate of drug-likeness (QED) is 0.855. The SMILES string of the molecule is CCCc1nc(C)c(CNC(=O)[C@@H](CC)n2cccn2)s1.